The number of hydrogen-bond acceptors (Lipinski definition) is 2. The zero-order valence-corrected chi connectivity index (χ0v) is 10.2. The maximum atomic E-state index is 11.6. The van der Waals surface area contributed by atoms with Gasteiger partial charge in [0.25, 0.3) is 5.91 Å². The van der Waals surface area contributed by atoms with Crippen LogP contribution in [0.25, 0.3) is 0 Å². The van der Waals surface area contributed by atoms with Gasteiger partial charge in [-0.2, -0.15) is 0 Å². The van der Waals surface area contributed by atoms with Gasteiger partial charge in [-0.3, -0.25) is 4.79 Å². The molecule has 0 radical (unpaired) electrons. The maximum absolute atomic E-state index is 11.6. The van der Waals surface area contributed by atoms with Gasteiger partial charge in [-0.1, -0.05) is 26.7 Å². The van der Waals surface area contributed by atoms with Crippen LogP contribution in [0.1, 0.15) is 47.0 Å². The van der Waals surface area contributed by atoms with Gasteiger partial charge in [0.2, 0.25) is 0 Å². The Bertz CT molecular complexity index is 232. The van der Waals surface area contributed by atoms with Crippen LogP contribution in [0, 0.1) is 11.8 Å². The molecule has 3 heteroatoms. The molecule has 1 aliphatic carbocycles. The van der Waals surface area contributed by atoms with Gasteiger partial charge in [-0.25, -0.2) is 0 Å². The van der Waals surface area contributed by atoms with E-state index in [2.05, 4.69) is 19.2 Å². The molecule has 15 heavy (non-hydrogen) atoms. The quantitative estimate of drug-likeness (QED) is 0.733. The summed E-state index contributed by atoms with van der Waals surface area (Å²) in [6.45, 7) is 7.46. The van der Waals surface area contributed by atoms with Crippen molar-refractivity contribution in [1.82, 2.24) is 5.32 Å². The molecule has 0 aromatic rings. The van der Waals surface area contributed by atoms with Crippen LogP contribution in [0.3, 0.4) is 0 Å². The predicted octanol–water partition coefficient (Wildman–Crippen LogP) is 1.70. The summed E-state index contributed by atoms with van der Waals surface area (Å²) in [4.78, 5) is 11.6. The topological polar surface area (TPSA) is 49.3 Å². The summed E-state index contributed by atoms with van der Waals surface area (Å²) in [6, 6.07) is 0.229. The van der Waals surface area contributed by atoms with E-state index < -0.39 is 5.60 Å². The lowest BCUT2D eigenvalue weighted by molar-refractivity contribution is -0.138. The third-order valence-corrected chi connectivity index (χ3v) is 3.58. The first-order chi connectivity index (χ1) is 6.82. The van der Waals surface area contributed by atoms with E-state index >= 15 is 0 Å². The van der Waals surface area contributed by atoms with Crippen LogP contribution in [-0.2, 0) is 4.79 Å². The van der Waals surface area contributed by atoms with Gasteiger partial charge >= 0.3 is 0 Å². The fraction of sp³-hybridized carbons (Fsp3) is 0.917. The summed E-state index contributed by atoms with van der Waals surface area (Å²) >= 11 is 0. The molecule has 0 aliphatic heterocycles. The molecular weight excluding hydrogens is 190 g/mol. The molecule has 2 N–H and O–H groups in total. The van der Waals surface area contributed by atoms with E-state index in [4.69, 9.17) is 0 Å². The van der Waals surface area contributed by atoms with Gasteiger partial charge in [0.15, 0.2) is 0 Å². The van der Waals surface area contributed by atoms with Crippen LogP contribution in [-0.4, -0.2) is 22.7 Å². The molecule has 0 aromatic carbocycles. The molecule has 1 aliphatic rings. The lowest BCUT2D eigenvalue weighted by Gasteiger charge is -2.35. The van der Waals surface area contributed by atoms with Crippen LogP contribution < -0.4 is 5.32 Å². The van der Waals surface area contributed by atoms with E-state index in [1.54, 1.807) is 0 Å². The number of carbonyl (C=O) groups excluding carboxylic acids is 1. The summed E-state index contributed by atoms with van der Waals surface area (Å²) in [5.41, 5.74) is -1.26. The molecule has 0 bridgehead atoms. The van der Waals surface area contributed by atoms with E-state index in [1.165, 1.54) is 26.7 Å². The fourth-order valence-electron chi connectivity index (χ4n) is 2.13. The molecule has 3 unspecified atom stereocenters. The Morgan fingerprint density at radius 3 is 2.47 bits per heavy atom. The number of amides is 1. The van der Waals surface area contributed by atoms with Crippen molar-refractivity contribution in [3.63, 3.8) is 0 Å². The minimum absolute atomic E-state index is 0.229. The molecule has 0 saturated heterocycles. The molecular formula is C12H23NO2. The minimum atomic E-state index is -1.26. The molecule has 88 valence electrons. The third kappa shape index (κ3) is 3.20. The summed E-state index contributed by atoms with van der Waals surface area (Å²) in [6.07, 6.45) is 3.45. The normalized spacial score (nSPS) is 32.5. The van der Waals surface area contributed by atoms with E-state index in [0.717, 1.165) is 6.42 Å². The Labute approximate surface area is 92.3 Å². The van der Waals surface area contributed by atoms with Crippen molar-refractivity contribution >= 4 is 5.91 Å². The first-order valence-electron chi connectivity index (χ1n) is 5.85. The molecule has 3 atom stereocenters. The number of aliphatic hydroxyl groups is 1. The van der Waals surface area contributed by atoms with Crippen molar-refractivity contribution in [3.8, 4) is 0 Å². The maximum Gasteiger partial charge on any atom is 0.251 e. The molecule has 1 saturated carbocycles. The van der Waals surface area contributed by atoms with Crippen molar-refractivity contribution in [2.45, 2.75) is 58.6 Å². The van der Waals surface area contributed by atoms with Gasteiger partial charge in [0.05, 0.1) is 0 Å². The zero-order valence-electron chi connectivity index (χ0n) is 10.2. The number of rotatable bonds is 2. The van der Waals surface area contributed by atoms with E-state index in [0.29, 0.717) is 11.8 Å². The monoisotopic (exact) mass is 213 g/mol. The van der Waals surface area contributed by atoms with Gasteiger partial charge in [0, 0.05) is 6.04 Å². The highest BCUT2D eigenvalue weighted by atomic mass is 16.3. The molecule has 0 aromatic heterocycles. The second-order valence-electron chi connectivity index (χ2n) is 5.41. The standard InChI is InChI=1S/C12H23NO2/c1-8-6-5-7-10(9(8)2)13-11(14)12(3,4)15/h8-10,15H,5-7H2,1-4H3,(H,13,14). The third-order valence-electron chi connectivity index (χ3n) is 3.58. The zero-order chi connectivity index (χ0) is 11.6. The highest BCUT2D eigenvalue weighted by Crippen LogP contribution is 2.29. The van der Waals surface area contributed by atoms with Crippen molar-refractivity contribution in [2.24, 2.45) is 11.8 Å². The average molecular weight is 213 g/mol. The smallest absolute Gasteiger partial charge is 0.251 e. The minimum Gasteiger partial charge on any atom is -0.381 e. The Balaban J connectivity index is 2.54. The SMILES string of the molecule is CC1CCCC(NC(=O)C(C)(C)O)C1C. The lowest BCUT2D eigenvalue weighted by Crippen LogP contribution is -2.50. The molecule has 3 nitrogen and oxygen atoms in total. The van der Waals surface area contributed by atoms with Gasteiger partial charge < -0.3 is 10.4 Å². The van der Waals surface area contributed by atoms with Crippen LogP contribution in [0.5, 0.6) is 0 Å². The van der Waals surface area contributed by atoms with Crippen molar-refractivity contribution in [3.05, 3.63) is 0 Å². The van der Waals surface area contributed by atoms with Crippen LogP contribution in [0.15, 0.2) is 0 Å². The van der Waals surface area contributed by atoms with Crippen molar-refractivity contribution < 1.29 is 9.90 Å². The number of hydrogen-bond donors (Lipinski definition) is 2. The van der Waals surface area contributed by atoms with Crippen molar-refractivity contribution in [1.29, 1.82) is 0 Å². The van der Waals surface area contributed by atoms with E-state index in [1.807, 2.05) is 0 Å². The Morgan fingerprint density at radius 2 is 1.93 bits per heavy atom. The highest BCUT2D eigenvalue weighted by molar-refractivity contribution is 5.84. The summed E-state index contributed by atoms with van der Waals surface area (Å²) < 4.78 is 0. The number of nitrogens with one attached hydrogen (secondary N) is 1. The molecule has 1 amide bonds. The lowest BCUT2D eigenvalue weighted by atomic mass is 9.78. The van der Waals surface area contributed by atoms with Crippen molar-refractivity contribution in [2.75, 3.05) is 0 Å². The van der Waals surface area contributed by atoms with Gasteiger partial charge in [-0.05, 0) is 32.1 Å². The summed E-state index contributed by atoms with van der Waals surface area (Å²) in [5, 5.41) is 12.5. The number of carbonyl (C=O) groups is 1. The second kappa shape index (κ2) is 4.52. The highest BCUT2D eigenvalue weighted by Gasteiger charge is 2.32. The average Bonchev–Trinajstić information content (AvgIpc) is 2.11. The van der Waals surface area contributed by atoms with Gasteiger partial charge in [-0.15, -0.1) is 0 Å². The van der Waals surface area contributed by atoms with E-state index in [9.17, 15) is 9.90 Å². The Kier molecular flexibility index (Phi) is 3.77. The van der Waals surface area contributed by atoms with E-state index in [-0.39, 0.29) is 11.9 Å². The summed E-state index contributed by atoms with van der Waals surface area (Å²) in [5.74, 6) is 0.907. The fourth-order valence-corrected chi connectivity index (χ4v) is 2.13. The Hall–Kier alpha value is -0.570. The van der Waals surface area contributed by atoms with Gasteiger partial charge in [0.1, 0.15) is 5.60 Å². The predicted molar refractivity (Wildman–Crippen MR) is 60.4 cm³/mol. The van der Waals surface area contributed by atoms with Crippen LogP contribution in [0.2, 0.25) is 0 Å². The Morgan fingerprint density at radius 1 is 1.33 bits per heavy atom. The second-order valence-corrected chi connectivity index (χ2v) is 5.41. The molecule has 0 spiro atoms. The molecule has 0 heterocycles. The summed E-state index contributed by atoms with van der Waals surface area (Å²) in [7, 11) is 0. The first-order valence-corrected chi connectivity index (χ1v) is 5.85. The van der Waals surface area contributed by atoms with Crippen LogP contribution >= 0.6 is 0 Å². The molecule has 1 fully saturated rings. The largest absolute Gasteiger partial charge is 0.381 e. The molecule has 1 rings (SSSR count). The van der Waals surface area contributed by atoms with Crippen LogP contribution in [0.4, 0.5) is 0 Å². The first kappa shape index (κ1) is 12.5.